The van der Waals surface area contributed by atoms with Gasteiger partial charge in [-0.15, -0.1) is 0 Å². The predicted molar refractivity (Wildman–Crippen MR) is 21.8 cm³/mol. The molecule has 0 amide bonds. The molecular formula is CH4NNaO5S. The molecule has 0 atom stereocenters. The number of rotatable bonds is 0. The molecule has 50 valence electrons. The summed E-state index contributed by atoms with van der Waals surface area (Å²) in [5, 5.41) is 12.1. The quantitative estimate of drug-likeness (QED) is 0.210. The summed E-state index contributed by atoms with van der Waals surface area (Å²) in [5.41, 5.74) is 0. The molecule has 8 heteroatoms. The molecule has 0 unspecified atom stereocenters. The maximum atomic E-state index is 8.97. The topological polar surface area (TPSA) is 121 Å². The van der Waals surface area contributed by atoms with Crippen LogP contribution in [0.5, 0.6) is 0 Å². The van der Waals surface area contributed by atoms with Gasteiger partial charge in [-0.25, -0.2) is 5.14 Å². The van der Waals surface area contributed by atoms with E-state index in [4.69, 9.17) is 22.9 Å². The van der Waals surface area contributed by atoms with Gasteiger partial charge in [0.25, 0.3) is 0 Å². The average molecular weight is 165 g/mol. The van der Waals surface area contributed by atoms with Crippen LogP contribution in [0.1, 0.15) is 0 Å². The Balaban J connectivity index is -0.0000000800. The second-order valence-corrected chi connectivity index (χ2v) is 1.64. The van der Waals surface area contributed by atoms with Gasteiger partial charge in [-0.3, -0.25) is 4.55 Å². The van der Waals surface area contributed by atoms with E-state index in [1.807, 2.05) is 0 Å². The van der Waals surface area contributed by atoms with Crippen LogP contribution in [-0.4, -0.2) is 19.4 Å². The first-order valence-corrected chi connectivity index (χ1v) is 2.73. The second kappa shape index (κ2) is 8.34. The molecule has 3 N–H and O–H groups in total. The molecule has 0 aromatic carbocycles. The van der Waals surface area contributed by atoms with Crippen LogP contribution in [0.2, 0.25) is 0 Å². The van der Waals surface area contributed by atoms with Crippen molar-refractivity contribution in [2.24, 2.45) is 5.14 Å². The Bertz CT molecular complexity index is 131. The Hall–Kier alpha value is 0.340. The molecule has 0 fully saturated rings. The van der Waals surface area contributed by atoms with Gasteiger partial charge in [-0.05, 0) is 0 Å². The standard InChI is InChI=1S/CH2O2.H3NO3S.Na/c2-1-3;1-5(2,3)4;/h1H,(H,2,3);(H3,1,2,3,4);/q;;+1/p-1. The van der Waals surface area contributed by atoms with Crippen LogP contribution in [0, 0.1) is 0 Å². The Morgan fingerprint density at radius 3 is 1.56 bits per heavy atom. The van der Waals surface area contributed by atoms with Gasteiger partial charge in [0, 0.05) is 6.47 Å². The van der Waals surface area contributed by atoms with E-state index in [1.165, 1.54) is 0 Å². The Morgan fingerprint density at radius 2 is 1.56 bits per heavy atom. The third kappa shape index (κ3) is 2900. The summed E-state index contributed by atoms with van der Waals surface area (Å²) in [6, 6.07) is 0. The number of carbonyl (C=O) groups excluding carboxylic acids is 1. The molecule has 0 bridgehead atoms. The van der Waals surface area contributed by atoms with Crippen LogP contribution in [0.3, 0.4) is 0 Å². The molecule has 0 aliphatic heterocycles. The minimum absolute atomic E-state index is 0. The first kappa shape index (κ1) is 16.2. The minimum atomic E-state index is -4.17. The first-order valence-electron chi connectivity index (χ1n) is 1.22. The van der Waals surface area contributed by atoms with Gasteiger partial charge in [0.2, 0.25) is 0 Å². The predicted octanol–water partition coefficient (Wildman–Crippen LogP) is -5.88. The van der Waals surface area contributed by atoms with Crippen LogP contribution in [0.25, 0.3) is 0 Å². The van der Waals surface area contributed by atoms with Crippen LogP contribution < -0.4 is 39.8 Å². The number of nitrogens with two attached hydrogens (primary N) is 1. The van der Waals surface area contributed by atoms with Gasteiger partial charge in [-0.1, -0.05) is 0 Å². The van der Waals surface area contributed by atoms with Crippen molar-refractivity contribution < 1.29 is 52.4 Å². The smallest absolute Gasteiger partial charge is 0.554 e. The van der Waals surface area contributed by atoms with Gasteiger partial charge in [-0.2, -0.15) is 8.42 Å². The molecule has 0 heterocycles. The summed E-state index contributed by atoms with van der Waals surface area (Å²) in [6.45, 7) is -0.500. The van der Waals surface area contributed by atoms with Gasteiger partial charge in [0.05, 0.1) is 0 Å². The van der Waals surface area contributed by atoms with Crippen molar-refractivity contribution in [2.45, 2.75) is 0 Å². The Morgan fingerprint density at radius 1 is 1.56 bits per heavy atom. The molecule has 0 saturated heterocycles. The van der Waals surface area contributed by atoms with Gasteiger partial charge in [0.15, 0.2) is 0 Å². The fourth-order valence-electron chi connectivity index (χ4n) is 0. The van der Waals surface area contributed by atoms with Crippen molar-refractivity contribution in [1.82, 2.24) is 0 Å². The molecule has 9 heavy (non-hydrogen) atoms. The summed E-state index contributed by atoms with van der Waals surface area (Å²) >= 11 is 0. The molecule has 0 aliphatic carbocycles. The number of carbonyl (C=O) groups is 1. The van der Waals surface area contributed by atoms with E-state index in [2.05, 4.69) is 5.14 Å². The fraction of sp³-hybridized carbons (Fsp3) is 0. The zero-order chi connectivity index (χ0) is 7.21. The van der Waals surface area contributed by atoms with E-state index < -0.39 is 16.8 Å². The van der Waals surface area contributed by atoms with E-state index in [0.717, 1.165) is 0 Å². The van der Waals surface area contributed by atoms with Gasteiger partial charge < -0.3 is 9.90 Å². The summed E-state index contributed by atoms with van der Waals surface area (Å²) in [7, 11) is -4.17. The molecule has 0 spiro atoms. The summed E-state index contributed by atoms with van der Waals surface area (Å²) < 4.78 is 25.2. The largest absolute Gasteiger partial charge is 1.00 e. The summed E-state index contributed by atoms with van der Waals surface area (Å²) in [6.07, 6.45) is 0. The summed E-state index contributed by atoms with van der Waals surface area (Å²) in [5.74, 6) is 0. The van der Waals surface area contributed by atoms with Crippen LogP contribution >= 0.6 is 0 Å². The molecule has 0 aromatic rings. The van der Waals surface area contributed by atoms with Crippen molar-refractivity contribution in [3.8, 4) is 0 Å². The molecule has 0 saturated carbocycles. The minimum Gasteiger partial charge on any atom is -0.554 e. The van der Waals surface area contributed by atoms with Crippen LogP contribution in [0.4, 0.5) is 0 Å². The second-order valence-electron chi connectivity index (χ2n) is 0.611. The van der Waals surface area contributed by atoms with Crippen molar-refractivity contribution in [1.29, 1.82) is 0 Å². The van der Waals surface area contributed by atoms with Gasteiger partial charge >= 0.3 is 39.9 Å². The zero-order valence-electron chi connectivity index (χ0n) is 4.64. The number of hydrogen-bond donors (Lipinski definition) is 2. The monoisotopic (exact) mass is 165 g/mol. The Labute approximate surface area is 74.2 Å². The van der Waals surface area contributed by atoms with E-state index >= 15 is 0 Å². The maximum absolute atomic E-state index is 8.97. The van der Waals surface area contributed by atoms with Crippen molar-refractivity contribution in [2.75, 3.05) is 0 Å². The molecule has 0 aromatic heterocycles. The van der Waals surface area contributed by atoms with Crippen molar-refractivity contribution in [3.63, 3.8) is 0 Å². The van der Waals surface area contributed by atoms with Crippen molar-refractivity contribution >= 4 is 16.8 Å². The molecule has 0 radical (unpaired) electrons. The van der Waals surface area contributed by atoms with Crippen LogP contribution in [-0.2, 0) is 15.1 Å². The van der Waals surface area contributed by atoms with Crippen LogP contribution in [0.15, 0.2) is 0 Å². The SMILES string of the molecule is NS(=O)(=O)O.O=C[O-].[Na+]. The molecule has 6 nitrogen and oxygen atoms in total. The van der Waals surface area contributed by atoms with Gasteiger partial charge in [0.1, 0.15) is 0 Å². The normalized spacial score (nSPS) is 7.78. The number of carboxylic acid groups (broad SMARTS) is 1. The zero-order valence-corrected chi connectivity index (χ0v) is 7.46. The van der Waals surface area contributed by atoms with E-state index in [-0.39, 0.29) is 29.6 Å². The molecule has 0 rings (SSSR count). The first-order chi connectivity index (χ1) is 3.41. The third-order valence-corrected chi connectivity index (χ3v) is 0. The Kier molecular flexibility index (Phi) is 15.0. The van der Waals surface area contributed by atoms with E-state index in [0.29, 0.717) is 0 Å². The maximum Gasteiger partial charge on any atom is 1.00 e. The summed E-state index contributed by atoms with van der Waals surface area (Å²) in [4.78, 5) is 8.25. The van der Waals surface area contributed by atoms with E-state index in [9.17, 15) is 0 Å². The van der Waals surface area contributed by atoms with E-state index in [1.54, 1.807) is 0 Å². The average Bonchev–Trinajstić information content (AvgIpc) is 1.27. The fourth-order valence-corrected chi connectivity index (χ4v) is 0. The third-order valence-electron chi connectivity index (χ3n) is 0. The molecular weight excluding hydrogens is 161 g/mol. The number of hydrogen-bond acceptors (Lipinski definition) is 4. The van der Waals surface area contributed by atoms with Crippen molar-refractivity contribution in [3.05, 3.63) is 0 Å². The molecule has 0 aliphatic rings.